The largest absolute Gasteiger partial charge is 0.383 e. The summed E-state index contributed by atoms with van der Waals surface area (Å²) in [4.78, 5) is 11.5. The van der Waals surface area contributed by atoms with E-state index in [2.05, 4.69) is 21.2 Å². The molecule has 1 heterocycles. The summed E-state index contributed by atoms with van der Waals surface area (Å²) in [6.45, 7) is 0.523. The highest BCUT2D eigenvalue weighted by Crippen LogP contribution is 2.27. The minimum absolute atomic E-state index is 0.201. The summed E-state index contributed by atoms with van der Waals surface area (Å²) < 4.78 is 31.0. The minimum Gasteiger partial charge on any atom is -0.383 e. The maximum Gasteiger partial charge on any atom is 0.252 e. The Balaban J connectivity index is 2.62. The van der Waals surface area contributed by atoms with Crippen molar-refractivity contribution in [2.75, 3.05) is 33.9 Å². The van der Waals surface area contributed by atoms with E-state index in [0.29, 0.717) is 13.2 Å². The molecule has 0 spiro atoms. The molecule has 0 fully saturated rings. The molecule has 0 radical (unpaired) electrons. The number of nitrogens with one attached hydrogen (secondary N) is 1. The number of carbonyl (C=O) groups excluding carboxylic acids is 1. The van der Waals surface area contributed by atoms with Gasteiger partial charge in [0.25, 0.3) is 10.0 Å². The van der Waals surface area contributed by atoms with Crippen LogP contribution in [0.25, 0.3) is 0 Å². The fraction of sp³-hybridized carbons (Fsp3) is 0.500. The fourth-order valence-electron chi connectivity index (χ4n) is 1.23. The van der Waals surface area contributed by atoms with E-state index < -0.39 is 10.0 Å². The van der Waals surface area contributed by atoms with Crippen LogP contribution >= 0.6 is 27.3 Å². The summed E-state index contributed by atoms with van der Waals surface area (Å²) in [5.74, 6) is -0.362. The predicted octanol–water partition coefficient (Wildman–Crippen LogP) is 0.894. The van der Waals surface area contributed by atoms with Gasteiger partial charge in [0.05, 0.1) is 16.9 Å². The van der Waals surface area contributed by atoms with Gasteiger partial charge in [0.2, 0.25) is 5.91 Å². The lowest BCUT2D eigenvalue weighted by molar-refractivity contribution is -0.121. The number of amides is 1. The number of methoxy groups -OCH3 is 1. The Morgan fingerprint density at radius 1 is 1.53 bits per heavy atom. The second kappa shape index (κ2) is 7.34. The standard InChI is InChI=1S/C10H15BrN2O4S2/c1-13(7-9(14)12-5-6-17-2)19(15,16)10-4-3-8(11)18-10/h3-4H,5-7H2,1-2H3,(H,12,14). The predicted molar refractivity (Wildman–Crippen MR) is 76.7 cm³/mol. The first-order chi connectivity index (χ1) is 8.87. The van der Waals surface area contributed by atoms with E-state index in [1.165, 1.54) is 20.2 Å². The van der Waals surface area contributed by atoms with E-state index in [9.17, 15) is 13.2 Å². The smallest absolute Gasteiger partial charge is 0.252 e. The highest BCUT2D eigenvalue weighted by molar-refractivity contribution is 9.11. The molecule has 0 aliphatic carbocycles. The van der Waals surface area contributed by atoms with Crippen molar-refractivity contribution in [1.29, 1.82) is 0 Å². The zero-order chi connectivity index (χ0) is 14.5. The molecule has 1 rings (SSSR count). The summed E-state index contributed by atoms with van der Waals surface area (Å²) in [5, 5.41) is 2.57. The summed E-state index contributed by atoms with van der Waals surface area (Å²) in [6, 6.07) is 3.16. The first kappa shape index (κ1) is 16.6. The van der Waals surface area contributed by atoms with Crippen LogP contribution in [0.4, 0.5) is 0 Å². The average molecular weight is 371 g/mol. The van der Waals surface area contributed by atoms with Crippen LogP contribution in [0.15, 0.2) is 20.1 Å². The zero-order valence-corrected chi connectivity index (χ0v) is 13.8. The van der Waals surface area contributed by atoms with Crippen molar-refractivity contribution in [1.82, 2.24) is 9.62 Å². The summed E-state index contributed by atoms with van der Waals surface area (Å²) in [6.07, 6.45) is 0. The lowest BCUT2D eigenvalue weighted by Crippen LogP contribution is -2.39. The van der Waals surface area contributed by atoms with E-state index in [1.54, 1.807) is 6.07 Å². The van der Waals surface area contributed by atoms with Crippen molar-refractivity contribution in [3.05, 3.63) is 15.9 Å². The Morgan fingerprint density at radius 3 is 2.74 bits per heavy atom. The van der Waals surface area contributed by atoms with E-state index in [-0.39, 0.29) is 16.7 Å². The maximum atomic E-state index is 12.1. The van der Waals surface area contributed by atoms with Crippen LogP contribution in [0.2, 0.25) is 0 Å². The Bertz CT molecular complexity index is 529. The van der Waals surface area contributed by atoms with Gasteiger partial charge in [-0.25, -0.2) is 8.42 Å². The van der Waals surface area contributed by atoms with E-state index in [0.717, 1.165) is 19.4 Å². The second-order valence-electron chi connectivity index (χ2n) is 3.66. The summed E-state index contributed by atoms with van der Waals surface area (Å²) in [7, 11) is -0.715. The SMILES string of the molecule is COCCNC(=O)CN(C)S(=O)(=O)c1ccc(Br)s1. The van der Waals surface area contributed by atoms with Crippen LogP contribution in [0.5, 0.6) is 0 Å². The lowest BCUT2D eigenvalue weighted by atomic mass is 10.5. The molecule has 0 atom stereocenters. The number of sulfonamides is 1. The van der Waals surface area contributed by atoms with Crippen molar-refractivity contribution >= 4 is 43.2 Å². The van der Waals surface area contributed by atoms with Crippen molar-refractivity contribution in [2.24, 2.45) is 0 Å². The van der Waals surface area contributed by atoms with E-state index in [1.807, 2.05) is 0 Å². The number of halogens is 1. The third-order valence-corrected chi connectivity index (χ3v) is 6.10. The molecule has 1 amide bonds. The van der Waals surface area contributed by atoms with E-state index in [4.69, 9.17) is 4.74 Å². The van der Waals surface area contributed by atoms with Gasteiger partial charge in [0.15, 0.2) is 0 Å². The third-order valence-electron chi connectivity index (χ3n) is 2.21. The number of likely N-dealkylation sites (N-methyl/N-ethyl adjacent to an activating group) is 1. The average Bonchev–Trinajstić information content (AvgIpc) is 2.76. The Morgan fingerprint density at radius 2 is 2.21 bits per heavy atom. The maximum absolute atomic E-state index is 12.1. The minimum atomic E-state index is -3.61. The third kappa shape index (κ3) is 4.84. The van der Waals surface area contributed by atoms with Gasteiger partial charge in [-0.2, -0.15) is 4.31 Å². The molecule has 9 heteroatoms. The van der Waals surface area contributed by atoms with Gasteiger partial charge in [-0.1, -0.05) is 0 Å². The highest BCUT2D eigenvalue weighted by atomic mass is 79.9. The number of carbonyl (C=O) groups is 1. The number of thiophene rings is 1. The van der Waals surface area contributed by atoms with Crippen LogP contribution < -0.4 is 5.32 Å². The Hall–Kier alpha value is -0.480. The monoisotopic (exact) mass is 370 g/mol. The van der Waals surface area contributed by atoms with Crippen LogP contribution in [0.3, 0.4) is 0 Å². The van der Waals surface area contributed by atoms with Gasteiger partial charge in [-0.05, 0) is 28.1 Å². The van der Waals surface area contributed by atoms with Crippen LogP contribution in [-0.4, -0.2) is 52.5 Å². The quantitative estimate of drug-likeness (QED) is 0.723. The van der Waals surface area contributed by atoms with E-state index >= 15 is 0 Å². The van der Waals surface area contributed by atoms with Gasteiger partial charge < -0.3 is 10.1 Å². The molecule has 1 aromatic heterocycles. The van der Waals surface area contributed by atoms with Gasteiger partial charge in [0, 0.05) is 20.7 Å². The van der Waals surface area contributed by atoms with Crippen molar-refractivity contribution < 1.29 is 17.9 Å². The van der Waals surface area contributed by atoms with Crippen molar-refractivity contribution in [3.8, 4) is 0 Å². The van der Waals surface area contributed by atoms with Crippen LogP contribution in [-0.2, 0) is 19.6 Å². The van der Waals surface area contributed by atoms with Crippen LogP contribution in [0, 0.1) is 0 Å². The molecule has 0 saturated heterocycles. The van der Waals surface area contributed by atoms with Crippen LogP contribution in [0.1, 0.15) is 0 Å². The van der Waals surface area contributed by atoms with Gasteiger partial charge in [0.1, 0.15) is 4.21 Å². The topological polar surface area (TPSA) is 75.7 Å². The van der Waals surface area contributed by atoms with Crippen molar-refractivity contribution in [3.63, 3.8) is 0 Å². The normalized spacial score (nSPS) is 11.8. The number of rotatable bonds is 7. The van der Waals surface area contributed by atoms with Crippen molar-refractivity contribution in [2.45, 2.75) is 4.21 Å². The molecule has 0 aromatic carbocycles. The Labute approximate surface area is 124 Å². The van der Waals surface area contributed by atoms with Gasteiger partial charge in [-0.15, -0.1) is 11.3 Å². The first-order valence-corrected chi connectivity index (χ1v) is 8.40. The fourth-order valence-corrected chi connectivity index (χ4v) is 4.57. The number of nitrogens with zero attached hydrogens (tertiary/aromatic N) is 1. The molecule has 0 aliphatic rings. The molecule has 19 heavy (non-hydrogen) atoms. The highest BCUT2D eigenvalue weighted by Gasteiger charge is 2.24. The molecule has 0 unspecified atom stereocenters. The van der Waals surface area contributed by atoms with Gasteiger partial charge >= 0.3 is 0 Å². The molecular weight excluding hydrogens is 356 g/mol. The molecule has 1 aromatic rings. The zero-order valence-electron chi connectivity index (χ0n) is 10.6. The number of hydrogen-bond acceptors (Lipinski definition) is 5. The molecule has 6 nitrogen and oxygen atoms in total. The molecule has 108 valence electrons. The number of ether oxygens (including phenoxy) is 1. The number of hydrogen-bond donors (Lipinski definition) is 1. The summed E-state index contributed by atoms with van der Waals surface area (Å²) in [5.41, 5.74) is 0. The molecular formula is C10H15BrN2O4S2. The lowest BCUT2D eigenvalue weighted by Gasteiger charge is -2.15. The van der Waals surface area contributed by atoms with Gasteiger partial charge in [-0.3, -0.25) is 4.79 Å². The molecule has 1 N–H and O–H groups in total. The second-order valence-corrected chi connectivity index (χ2v) is 8.40. The first-order valence-electron chi connectivity index (χ1n) is 5.35. The molecule has 0 bridgehead atoms. The molecule has 0 saturated carbocycles. The molecule has 0 aliphatic heterocycles. The Kier molecular flexibility index (Phi) is 6.40. The summed E-state index contributed by atoms with van der Waals surface area (Å²) >= 11 is 4.32.